The first kappa shape index (κ1) is 18.0. The quantitative estimate of drug-likeness (QED) is 0.329. The molecule has 0 aliphatic rings. The number of nitrogens with zero attached hydrogens (tertiary/aromatic N) is 4. The zero-order valence-corrected chi connectivity index (χ0v) is 16.3. The van der Waals surface area contributed by atoms with Crippen LogP contribution in [0.25, 0.3) is 33.2 Å². The molecule has 0 aliphatic heterocycles. The number of hydrogen-bond donors (Lipinski definition) is 0. The molecule has 2 aromatic heterocycles. The summed E-state index contributed by atoms with van der Waals surface area (Å²) in [7, 11) is 0. The molecule has 0 atom stereocenters. The van der Waals surface area contributed by atoms with E-state index in [1.54, 1.807) is 6.33 Å². The van der Waals surface area contributed by atoms with Crippen LogP contribution in [0.2, 0.25) is 0 Å². The Bertz CT molecular complexity index is 1380. The van der Waals surface area contributed by atoms with Gasteiger partial charge >= 0.3 is 5.97 Å². The molecule has 0 unspecified atom stereocenters. The molecule has 3 aromatic carbocycles. The van der Waals surface area contributed by atoms with Crippen molar-refractivity contribution in [2.45, 2.75) is 13.5 Å². The number of hydrogen-bond acceptors (Lipinski definition) is 5. The molecule has 0 aliphatic carbocycles. The average Bonchev–Trinajstić information content (AvgIpc) is 3.16. The van der Waals surface area contributed by atoms with E-state index in [1.807, 2.05) is 59.2 Å². The predicted octanol–water partition coefficient (Wildman–Crippen LogP) is 4.62. The number of ether oxygens (including phenoxy) is 1. The van der Waals surface area contributed by atoms with Gasteiger partial charge in [0.1, 0.15) is 23.3 Å². The number of carbonyl (C=O) groups excluding carboxylic acids is 1. The van der Waals surface area contributed by atoms with E-state index in [-0.39, 0.29) is 5.97 Å². The number of carbonyl (C=O) groups is 1. The Morgan fingerprint density at radius 1 is 0.933 bits per heavy atom. The summed E-state index contributed by atoms with van der Waals surface area (Å²) >= 11 is 0. The van der Waals surface area contributed by atoms with Gasteiger partial charge in [-0.1, -0.05) is 54.6 Å². The molecule has 0 saturated carbocycles. The molecular formula is C24H18N4O2. The maximum atomic E-state index is 11.7. The Balaban J connectivity index is 1.68. The molecule has 5 aromatic rings. The Labute approximate surface area is 172 Å². The third-order valence-electron chi connectivity index (χ3n) is 4.95. The van der Waals surface area contributed by atoms with Gasteiger partial charge in [0.05, 0.1) is 12.9 Å². The maximum absolute atomic E-state index is 11.7. The van der Waals surface area contributed by atoms with E-state index in [9.17, 15) is 4.79 Å². The lowest BCUT2D eigenvalue weighted by Crippen LogP contribution is -2.04. The lowest BCUT2D eigenvalue weighted by atomic mass is 10.0. The Morgan fingerprint density at radius 3 is 2.43 bits per heavy atom. The Morgan fingerprint density at radius 2 is 1.67 bits per heavy atom. The first-order valence-electron chi connectivity index (χ1n) is 9.60. The van der Waals surface area contributed by atoms with Crippen LogP contribution in [-0.4, -0.2) is 25.5 Å². The molecule has 0 N–H and O–H groups in total. The highest BCUT2D eigenvalue weighted by Gasteiger charge is 2.18. The van der Waals surface area contributed by atoms with Gasteiger partial charge in [0.25, 0.3) is 0 Å². The molecule has 0 bridgehead atoms. The van der Waals surface area contributed by atoms with Gasteiger partial charge in [0.2, 0.25) is 0 Å². The normalized spacial score (nSPS) is 11.1. The minimum Gasteiger partial charge on any atom is -0.426 e. The number of esters is 1. The maximum Gasteiger partial charge on any atom is 0.308 e. The van der Waals surface area contributed by atoms with E-state index in [1.165, 1.54) is 13.3 Å². The first-order chi connectivity index (χ1) is 14.7. The molecule has 0 spiro atoms. The number of rotatable bonds is 4. The molecule has 0 radical (unpaired) electrons. The Hall–Kier alpha value is -4.06. The fraction of sp³-hybridized carbons (Fsp3) is 0.0833. The lowest BCUT2D eigenvalue weighted by Gasteiger charge is -2.11. The van der Waals surface area contributed by atoms with Crippen molar-refractivity contribution in [3.8, 4) is 17.0 Å². The fourth-order valence-electron chi connectivity index (χ4n) is 3.62. The molecular weight excluding hydrogens is 376 g/mol. The minimum atomic E-state index is -0.383. The fourth-order valence-corrected chi connectivity index (χ4v) is 3.62. The standard InChI is InChI=1S/C24H18N4O2/c1-16(29)30-21-12-19-10-6-5-9-18(19)11-20(21)22-23-24(26-14-25-22)28(15-27-23)13-17-7-3-2-4-8-17/h2-12,14-15H,13H2,1H3. The van der Waals surface area contributed by atoms with Crippen LogP contribution >= 0.6 is 0 Å². The summed E-state index contributed by atoms with van der Waals surface area (Å²) in [5.74, 6) is 0.0743. The van der Waals surface area contributed by atoms with E-state index in [0.29, 0.717) is 29.1 Å². The van der Waals surface area contributed by atoms with Crippen molar-refractivity contribution in [3.63, 3.8) is 0 Å². The summed E-state index contributed by atoms with van der Waals surface area (Å²) in [6.07, 6.45) is 3.29. The van der Waals surface area contributed by atoms with Gasteiger partial charge in [-0.15, -0.1) is 0 Å². The first-order valence-corrected chi connectivity index (χ1v) is 9.60. The van der Waals surface area contributed by atoms with Crippen LogP contribution in [-0.2, 0) is 11.3 Å². The topological polar surface area (TPSA) is 69.9 Å². The van der Waals surface area contributed by atoms with Gasteiger partial charge in [-0.2, -0.15) is 0 Å². The molecule has 2 heterocycles. The van der Waals surface area contributed by atoms with Crippen LogP contribution in [0.3, 0.4) is 0 Å². The van der Waals surface area contributed by atoms with Crippen LogP contribution in [0, 0.1) is 0 Å². The third-order valence-corrected chi connectivity index (χ3v) is 4.95. The van der Waals surface area contributed by atoms with Gasteiger partial charge in [0, 0.05) is 12.5 Å². The molecule has 0 saturated heterocycles. The van der Waals surface area contributed by atoms with Crippen LogP contribution in [0.5, 0.6) is 5.75 Å². The highest BCUT2D eigenvalue weighted by Crippen LogP contribution is 2.36. The molecule has 0 amide bonds. The number of benzene rings is 3. The summed E-state index contributed by atoms with van der Waals surface area (Å²) in [5.41, 5.74) is 3.89. The number of fused-ring (bicyclic) bond motifs is 2. The van der Waals surface area contributed by atoms with Gasteiger partial charge in [-0.3, -0.25) is 4.79 Å². The van der Waals surface area contributed by atoms with E-state index < -0.39 is 0 Å². The average molecular weight is 394 g/mol. The van der Waals surface area contributed by atoms with E-state index >= 15 is 0 Å². The van der Waals surface area contributed by atoms with Gasteiger partial charge in [-0.25, -0.2) is 15.0 Å². The second-order valence-corrected chi connectivity index (χ2v) is 7.04. The second kappa shape index (κ2) is 7.40. The van der Waals surface area contributed by atoms with Crippen molar-refractivity contribution in [1.29, 1.82) is 0 Å². The second-order valence-electron chi connectivity index (χ2n) is 7.04. The predicted molar refractivity (Wildman–Crippen MR) is 115 cm³/mol. The van der Waals surface area contributed by atoms with Crippen molar-refractivity contribution in [1.82, 2.24) is 19.5 Å². The van der Waals surface area contributed by atoms with Crippen LogP contribution in [0.1, 0.15) is 12.5 Å². The molecule has 5 rings (SSSR count). The molecule has 6 heteroatoms. The molecule has 6 nitrogen and oxygen atoms in total. The third kappa shape index (κ3) is 3.28. The highest BCUT2D eigenvalue weighted by atomic mass is 16.5. The number of aromatic nitrogens is 4. The monoisotopic (exact) mass is 394 g/mol. The number of imidazole rings is 1. The molecule has 0 fully saturated rings. The van der Waals surface area contributed by atoms with Crippen LogP contribution < -0.4 is 4.74 Å². The minimum absolute atomic E-state index is 0.383. The van der Waals surface area contributed by atoms with Gasteiger partial charge in [0.15, 0.2) is 5.65 Å². The van der Waals surface area contributed by atoms with E-state index in [2.05, 4.69) is 27.1 Å². The van der Waals surface area contributed by atoms with Crippen LogP contribution in [0.4, 0.5) is 0 Å². The summed E-state index contributed by atoms with van der Waals surface area (Å²) in [6.45, 7) is 2.05. The summed E-state index contributed by atoms with van der Waals surface area (Å²) in [6, 6.07) is 21.9. The van der Waals surface area contributed by atoms with Gasteiger partial charge in [-0.05, 0) is 28.5 Å². The van der Waals surface area contributed by atoms with Crippen LogP contribution in [0.15, 0.2) is 79.4 Å². The van der Waals surface area contributed by atoms with E-state index in [4.69, 9.17) is 4.74 Å². The molecule has 30 heavy (non-hydrogen) atoms. The largest absolute Gasteiger partial charge is 0.426 e. The zero-order valence-electron chi connectivity index (χ0n) is 16.3. The van der Waals surface area contributed by atoms with Crippen molar-refractivity contribution in [2.24, 2.45) is 0 Å². The molecule has 146 valence electrons. The Kier molecular flexibility index (Phi) is 4.44. The van der Waals surface area contributed by atoms with Gasteiger partial charge < -0.3 is 9.30 Å². The summed E-state index contributed by atoms with van der Waals surface area (Å²) < 4.78 is 7.51. The lowest BCUT2D eigenvalue weighted by molar-refractivity contribution is -0.131. The summed E-state index contributed by atoms with van der Waals surface area (Å²) in [5, 5.41) is 2.01. The highest BCUT2D eigenvalue weighted by molar-refractivity contribution is 5.96. The smallest absolute Gasteiger partial charge is 0.308 e. The SMILES string of the molecule is CC(=O)Oc1cc2ccccc2cc1-c1ncnc2c1ncn2Cc1ccccc1. The van der Waals surface area contributed by atoms with Crippen molar-refractivity contribution >= 4 is 27.9 Å². The van der Waals surface area contributed by atoms with Crippen molar-refractivity contribution in [2.75, 3.05) is 0 Å². The summed E-state index contributed by atoms with van der Waals surface area (Å²) in [4.78, 5) is 25.3. The zero-order chi connectivity index (χ0) is 20.5. The van der Waals surface area contributed by atoms with Crippen molar-refractivity contribution in [3.05, 3.63) is 84.9 Å². The van der Waals surface area contributed by atoms with Crippen molar-refractivity contribution < 1.29 is 9.53 Å². The van der Waals surface area contributed by atoms with E-state index in [0.717, 1.165) is 22.0 Å².